The maximum Gasteiger partial charge on any atom is 0.306 e. The fourth-order valence-corrected chi connectivity index (χ4v) is 4.36. The Morgan fingerprint density at radius 1 is 1.20 bits per heavy atom. The summed E-state index contributed by atoms with van der Waals surface area (Å²) >= 11 is 6.32. The van der Waals surface area contributed by atoms with Crippen LogP contribution in [0.2, 0.25) is 0 Å². The third kappa shape index (κ3) is 4.78. The first-order valence-electron chi connectivity index (χ1n) is 8.19. The van der Waals surface area contributed by atoms with E-state index in [2.05, 4.69) is 0 Å². The lowest BCUT2D eigenvalue weighted by molar-refractivity contribution is -0.384. The predicted octanol–water partition coefficient (Wildman–Crippen LogP) is 3.35. The van der Waals surface area contributed by atoms with Gasteiger partial charge in [-0.05, 0) is 29.8 Å². The van der Waals surface area contributed by atoms with Gasteiger partial charge < -0.3 is 8.92 Å². The maximum atomic E-state index is 12.9. The molecule has 0 unspecified atom stereocenters. The summed E-state index contributed by atoms with van der Waals surface area (Å²) in [5, 5.41) is 11.0. The van der Waals surface area contributed by atoms with Crippen LogP contribution in [0.3, 0.4) is 0 Å². The Bertz CT molecular complexity index is 1190. The van der Waals surface area contributed by atoms with E-state index < -0.39 is 20.9 Å². The Balaban J connectivity index is 1.92. The number of amides is 1. The third-order valence-corrected chi connectivity index (χ3v) is 5.60. The molecule has 0 saturated carbocycles. The van der Waals surface area contributed by atoms with Gasteiger partial charge in [0.05, 0.1) is 28.9 Å². The van der Waals surface area contributed by atoms with Gasteiger partial charge in [-0.3, -0.25) is 19.8 Å². The van der Waals surface area contributed by atoms with Gasteiger partial charge in [0.2, 0.25) is 0 Å². The first-order chi connectivity index (χ1) is 14.1. The molecule has 30 heavy (non-hydrogen) atoms. The number of benzene rings is 2. The fourth-order valence-electron chi connectivity index (χ4n) is 2.59. The smallest absolute Gasteiger partial charge is 0.306 e. The molecular formula is C18H14N2O7S3. The second-order valence-corrected chi connectivity index (χ2v) is 9.24. The number of hydrogen-bond acceptors (Lipinski definition) is 9. The number of nitrogens with zero attached hydrogens (tertiary/aromatic N) is 2. The summed E-state index contributed by atoms with van der Waals surface area (Å²) in [7, 11) is -2.38. The molecule has 156 valence electrons. The van der Waals surface area contributed by atoms with Crippen molar-refractivity contribution in [2.45, 2.75) is 0 Å². The van der Waals surface area contributed by atoms with Crippen LogP contribution in [0.15, 0.2) is 47.4 Å². The van der Waals surface area contributed by atoms with Gasteiger partial charge in [-0.15, -0.1) is 0 Å². The number of thiocarbonyl (C=S) groups is 1. The van der Waals surface area contributed by atoms with Crippen molar-refractivity contribution in [1.29, 1.82) is 0 Å². The first-order valence-corrected chi connectivity index (χ1v) is 11.2. The van der Waals surface area contributed by atoms with E-state index in [9.17, 15) is 23.3 Å². The van der Waals surface area contributed by atoms with E-state index in [1.54, 1.807) is 18.2 Å². The zero-order valence-electron chi connectivity index (χ0n) is 15.6. The quantitative estimate of drug-likeness (QED) is 0.208. The molecule has 0 aromatic heterocycles. The van der Waals surface area contributed by atoms with Crippen LogP contribution in [0.1, 0.15) is 5.56 Å². The number of nitro benzene ring substituents is 1. The van der Waals surface area contributed by atoms with Gasteiger partial charge >= 0.3 is 10.1 Å². The van der Waals surface area contributed by atoms with E-state index in [-0.39, 0.29) is 21.5 Å². The zero-order valence-corrected chi connectivity index (χ0v) is 18.0. The lowest BCUT2D eigenvalue weighted by Crippen LogP contribution is -2.27. The summed E-state index contributed by atoms with van der Waals surface area (Å²) in [6, 6.07) is 10.1. The summed E-state index contributed by atoms with van der Waals surface area (Å²) in [6.45, 7) is 0. The lowest BCUT2D eigenvalue weighted by Gasteiger charge is -2.14. The van der Waals surface area contributed by atoms with Gasteiger partial charge in [-0.25, -0.2) is 0 Å². The minimum Gasteiger partial charge on any atom is -0.493 e. The molecule has 1 aliphatic heterocycles. The number of thioether (sulfide) groups is 1. The molecule has 9 nitrogen and oxygen atoms in total. The van der Waals surface area contributed by atoms with Crippen molar-refractivity contribution >= 4 is 61.8 Å². The number of hydrogen-bond donors (Lipinski definition) is 0. The molecular weight excluding hydrogens is 452 g/mol. The Hall–Kier alpha value is -2.96. The summed E-state index contributed by atoms with van der Waals surface area (Å²) in [5.74, 6) is -0.245. The summed E-state index contributed by atoms with van der Waals surface area (Å²) < 4.78 is 33.0. The minimum atomic E-state index is -3.73. The Morgan fingerprint density at radius 2 is 1.93 bits per heavy atom. The topological polar surface area (TPSA) is 116 Å². The van der Waals surface area contributed by atoms with Gasteiger partial charge in [-0.2, -0.15) is 8.42 Å². The highest BCUT2D eigenvalue weighted by atomic mass is 32.2. The first kappa shape index (κ1) is 21.7. The molecule has 1 fully saturated rings. The highest BCUT2D eigenvalue weighted by Crippen LogP contribution is 2.38. The molecule has 12 heteroatoms. The van der Waals surface area contributed by atoms with E-state index in [1.165, 1.54) is 42.3 Å². The van der Waals surface area contributed by atoms with Crippen molar-refractivity contribution in [2.75, 3.05) is 18.3 Å². The molecule has 2 aromatic rings. The molecule has 3 rings (SSSR count). The van der Waals surface area contributed by atoms with Crippen molar-refractivity contribution in [3.63, 3.8) is 0 Å². The Labute approximate surface area is 181 Å². The number of methoxy groups -OCH3 is 1. The third-order valence-electron chi connectivity index (χ3n) is 3.82. The van der Waals surface area contributed by atoms with Gasteiger partial charge in [0.15, 0.2) is 15.8 Å². The van der Waals surface area contributed by atoms with E-state index >= 15 is 0 Å². The van der Waals surface area contributed by atoms with Crippen molar-refractivity contribution in [2.24, 2.45) is 0 Å². The number of anilines is 1. The van der Waals surface area contributed by atoms with E-state index in [1.807, 2.05) is 0 Å². The average Bonchev–Trinajstić information content (AvgIpc) is 2.95. The van der Waals surface area contributed by atoms with Crippen LogP contribution in [-0.4, -0.2) is 36.9 Å². The number of ether oxygens (including phenoxy) is 1. The van der Waals surface area contributed by atoms with Crippen molar-refractivity contribution < 1.29 is 27.1 Å². The molecule has 0 N–H and O–H groups in total. The van der Waals surface area contributed by atoms with E-state index in [0.29, 0.717) is 16.2 Å². The zero-order chi connectivity index (χ0) is 22.1. The number of rotatable bonds is 6. The molecule has 0 spiro atoms. The molecule has 0 bridgehead atoms. The molecule has 0 atom stereocenters. The fraction of sp³-hybridized carbons (Fsp3) is 0.111. The van der Waals surface area contributed by atoms with Crippen molar-refractivity contribution in [1.82, 2.24) is 0 Å². The summed E-state index contributed by atoms with van der Waals surface area (Å²) in [5.41, 5.74) is 0.688. The van der Waals surface area contributed by atoms with Crippen LogP contribution in [0, 0.1) is 10.1 Å². The summed E-state index contributed by atoms with van der Waals surface area (Å²) in [6.07, 6.45) is 2.48. The summed E-state index contributed by atoms with van der Waals surface area (Å²) in [4.78, 5) is 24.8. The Kier molecular flexibility index (Phi) is 6.10. The largest absolute Gasteiger partial charge is 0.493 e. The average molecular weight is 467 g/mol. The maximum absolute atomic E-state index is 12.9. The molecule has 1 heterocycles. The highest BCUT2D eigenvalue weighted by Gasteiger charge is 2.34. The van der Waals surface area contributed by atoms with E-state index in [0.717, 1.165) is 18.0 Å². The Morgan fingerprint density at radius 3 is 2.57 bits per heavy atom. The van der Waals surface area contributed by atoms with Crippen molar-refractivity contribution in [3.8, 4) is 11.5 Å². The van der Waals surface area contributed by atoms with Gasteiger partial charge in [0.25, 0.3) is 11.6 Å². The highest BCUT2D eigenvalue weighted by molar-refractivity contribution is 8.27. The number of non-ortho nitro benzene ring substituents is 1. The lowest BCUT2D eigenvalue weighted by atomic mass is 10.2. The number of carbonyl (C=O) groups excluding carboxylic acids is 1. The van der Waals surface area contributed by atoms with Crippen LogP contribution in [0.5, 0.6) is 11.5 Å². The predicted molar refractivity (Wildman–Crippen MR) is 117 cm³/mol. The number of nitro groups is 1. The van der Waals surface area contributed by atoms with Gasteiger partial charge in [0, 0.05) is 12.1 Å². The van der Waals surface area contributed by atoms with Crippen LogP contribution in [0.25, 0.3) is 6.08 Å². The molecule has 0 aliphatic carbocycles. The van der Waals surface area contributed by atoms with Gasteiger partial charge in [0.1, 0.15) is 0 Å². The van der Waals surface area contributed by atoms with Crippen LogP contribution in [0.4, 0.5) is 11.4 Å². The molecule has 1 saturated heterocycles. The molecule has 1 aliphatic rings. The minimum absolute atomic E-state index is 0.0151. The van der Waals surface area contributed by atoms with Gasteiger partial charge in [-0.1, -0.05) is 36.1 Å². The SMILES string of the molecule is COc1cc(C=C2SC(=S)N(c3cccc([N+](=O)[O-])c3)C2=O)ccc1OS(C)(=O)=O. The molecule has 1 amide bonds. The number of carbonyl (C=O) groups is 1. The second-order valence-electron chi connectivity index (χ2n) is 5.99. The van der Waals surface area contributed by atoms with Crippen LogP contribution < -0.4 is 13.8 Å². The van der Waals surface area contributed by atoms with Crippen LogP contribution in [-0.2, 0) is 14.9 Å². The monoisotopic (exact) mass is 466 g/mol. The van der Waals surface area contributed by atoms with Crippen LogP contribution >= 0.6 is 24.0 Å². The van der Waals surface area contributed by atoms with E-state index in [4.69, 9.17) is 21.1 Å². The standard InChI is InChI=1S/C18H14N2O7S3/c1-26-15-8-11(6-7-14(15)27-30(2,24)25)9-16-17(21)19(18(28)29-16)12-4-3-5-13(10-12)20(22)23/h3-10H,1-2H3. The second kappa shape index (κ2) is 8.42. The molecule has 0 radical (unpaired) electrons. The van der Waals surface area contributed by atoms with Crippen molar-refractivity contribution in [3.05, 3.63) is 63.0 Å². The normalized spacial score (nSPS) is 15.5. The molecule has 2 aromatic carbocycles.